The number of para-hydroxylation sites is 1. The number of nitrogens with zero attached hydrogens (tertiary/aromatic N) is 2. The summed E-state index contributed by atoms with van der Waals surface area (Å²) in [5.41, 5.74) is 3.36. The van der Waals surface area contributed by atoms with Gasteiger partial charge in [0, 0.05) is 54.5 Å². The Morgan fingerprint density at radius 1 is 1.03 bits per heavy atom. The fourth-order valence-corrected chi connectivity index (χ4v) is 4.39. The standard InChI is InChI=1S/C27H36N4O2/c1-27(2,3)29-26(32)33-23-12-13-25-24(19-23)21(20-28-25)9-7-8-14-30-15-17-31(18-16-30)22-10-5-4-6-11-22/h4-6,10-13,19-20,28H,7-9,14-18H2,1-3H3,(H,29,32). The molecular weight excluding hydrogens is 412 g/mol. The molecule has 0 unspecified atom stereocenters. The number of carbonyl (C=O) groups excluding carboxylic acids is 1. The highest BCUT2D eigenvalue weighted by molar-refractivity contribution is 5.85. The van der Waals surface area contributed by atoms with Crippen LogP contribution in [0.1, 0.15) is 39.2 Å². The van der Waals surface area contributed by atoms with Crippen LogP contribution >= 0.6 is 0 Å². The highest BCUT2D eigenvalue weighted by Crippen LogP contribution is 2.25. The van der Waals surface area contributed by atoms with Gasteiger partial charge < -0.3 is 19.9 Å². The van der Waals surface area contributed by atoms with Crippen molar-refractivity contribution in [3.8, 4) is 5.75 Å². The maximum absolute atomic E-state index is 12.1. The summed E-state index contributed by atoms with van der Waals surface area (Å²) < 4.78 is 5.49. The third-order valence-electron chi connectivity index (χ3n) is 6.09. The van der Waals surface area contributed by atoms with Gasteiger partial charge in [-0.05, 0) is 82.5 Å². The SMILES string of the molecule is CC(C)(C)NC(=O)Oc1ccc2[nH]cc(CCCCN3CCN(c4ccccc4)CC3)c2c1. The van der Waals surface area contributed by atoms with Crippen molar-refractivity contribution in [3.63, 3.8) is 0 Å². The lowest BCUT2D eigenvalue weighted by Crippen LogP contribution is -2.46. The van der Waals surface area contributed by atoms with Crippen LogP contribution < -0.4 is 15.0 Å². The predicted molar refractivity (Wildman–Crippen MR) is 135 cm³/mol. The first-order valence-corrected chi connectivity index (χ1v) is 12.0. The lowest BCUT2D eigenvalue weighted by atomic mass is 10.1. The number of carbonyl (C=O) groups is 1. The number of hydrogen-bond donors (Lipinski definition) is 2. The summed E-state index contributed by atoms with van der Waals surface area (Å²) >= 11 is 0. The number of H-pyrrole nitrogens is 1. The third-order valence-corrected chi connectivity index (χ3v) is 6.09. The number of unbranched alkanes of at least 4 members (excludes halogenated alkanes) is 1. The molecule has 2 aromatic carbocycles. The van der Waals surface area contributed by atoms with Gasteiger partial charge in [0.25, 0.3) is 0 Å². The fourth-order valence-electron chi connectivity index (χ4n) is 4.39. The molecule has 1 saturated heterocycles. The first-order valence-electron chi connectivity index (χ1n) is 12.0. The molecule has 6 nitrogen and oxygen atoms in total. The number of piperazine rings is 1. The molecular formula is C27H36N4O2. The van der Waals surface area contributed by atoms with Gasteiger partial charge in [0.15, 0.2) is 0 Å². The molecule has 0 radical (unpaired) electrons. The quantitative estimate of drug-likeness (QED) is 0.488. The van der Waals surface area contributed by atoms with E-state index in [9.17, 15) is 4.79 Å². The van der Waals surface area contributed by atoms with Gasteiger partial charge in [0.2, 0.25) is 0 Å². The molecule has 2 heterocycles. The van der Waals surface area contributed by atoms with Crippen LogP contribution in [0.4, 0.5) is 10.5 Å². The van der Waals surface area contributed by atoms with E-state index in [0.29, 0.717) is 5.75 Å². The minimum atomic E-state index is -0.425. The summed E-state index contributed by atoms with van der Waals surface area (Å²) in [6.07, 6.45) is 5.00. The van der Waals surface area contributed by atoms with Gasteiger partial charge in [-0.3, -0.25) is 4.90 Å². The van der Waals surface area contributed by atoms with Crippen LogP contribution in [0.5, 0.6) is 5.75 Å². The van der Waals surface area contributed by atoms with E-state index in [1.165, 1.54) is 17.7 Å². The monoisotopic (exact) mass is 448 g/mol. The topological polar surface area (TPSA) is 60.6 Å². The van der Waals surface area contributed by atoms with Crippen LogP contribution in [0.3, 0.4) is 0 Å². The number of hydrogen-bond acceptors (Lipinski definition) is 4. The highest BCUT2D eigenvalue weighted by atomic mass is 16.6. The van der Waals surface area contributed by atoms with E-state index in [0.717, 1.165) is 56.5 Å². The Bertz CT molecular complexity index is 1050. The van der Waals surface area contributed by atoms with Gasteiger partial charge >= 0.3 is 6.09 Å². The maximum atomic E-state index is 12.1. The molecule has 0 saturated carbocycles. The molecule has 1 fully saturated rings. The normalized spacial score (nSPS) is 15.1. The summed E-state index contributed by atoms with van der Waals surface area (Å²) in [5, 5.41) is 3.96. The maximum Gasteiger partial charge on any atom is 0.413 e. The molecule has 0 spiro atoms. The van der Waals surface area contributed by atoms with Crippen LogP contribution in [-0.2, 0) is 6.42 Å². The number of aryl methyl sites for hydroxylation is 1. The van der Waals surface area contributed by atoms with Crippen molar-refractivity contribution in [2.75, 3.05) is 37.6 Å². The summed E-state index contributed by atoms with van der Waals surface area (Å²) in [6.45, 7) is 11.4. The first-order chi connectivity index (χ1) is 15.9. The zero-order valence-corrected chi connectivity index (χ0v) is 20.1. The van der Waals surface area contributed by atoms with Crippen LogP contribution in [0.25, 0.3) is 10.9 Å². The van der Waals surface area contributed by atoms with E-state index in [1.807, 2.05) is 39.0 Å². The first kappa shape index (κ1) is 23.2. The summed E-state index contributed by atoms with van der Waals surface area (Å²) in [4.78, 5) is 20.5. The molecule has 176 valence electrons. The van der Waals surface area contributed by atoms with Crippen molar-refractivity contribution in [3.05, 3.63) is 60.3 Å². The Morgan fingerprint density at radius 2 is 1.79 bits per heavy atom. The second-order valence-corrected chi connectivity index (χ2v) is 9.91. The molecule has 6 heteroatoms. The van der Waals surface area contributed by atoms with E-state index in [1.54, 1.807) is 0 Å². The van der Waals surface area contributed by atoms with Crippen molar-refractivity contribution in [2.45, 2.75) is 45.6 Å². The van der Waals surface area contributed by atoms with Crippen LogP contribution in [0.15, 0.2) is 54.7 Å². The Balaban J connectivity index is 1.24. The van der Waals surface area contributed by atoms with Crippen molar-refractivity contribution >= 4 is 22.7 Å². The Hall–Kier alpha value is -2.99. The average molecular weight is 449 g/mol. The van der Waals surface area contributed by atoms with Crippen molar-refractivity contribution in [1.82, 2.24) is 15.2 Å². The molecule has 0 bridgehead atoms. The van der Waals surface area contributed by atoms with Gasteiger partial charge in [0.05, 0.1) is 0 Å². The number of aromatic amines is 1. The van der Waals surface area contributed by atoms with Crippen LogP contribution in [0, 0.1) is 0 Å². The van der Waals surface area contributed by atoms with Crippen molar-refractivity contribution in [2.24, 2.45) is 0 Å². The van der Waals surface area contributed by atoms with E-state index in [-0.39, 0.29) is 5.54 Å². The van der Waals surface area contributed by atoms with Gasteiger partial charge in [-0.25, -0.2) is 4.79 Å². The van der Waals surface area contributed by atoms with Crippen molar-refractivity contribution < 1.29 is 9.53 Å². The molecule has 1 aliphatic rings. The highest BCUT2D eigenvalue weighted by Gasteiger charge is 2.17. The molecule has 0 aliphatic carbocycles. The molecule has 33 heavy (non-hydrogen) atoms. The van der Waals surface area contributed by atoms with Gasteiger partial charge in [-0.15, -0.1) is 0 Å². The molecule has 3 aromatic rings. The average Bonchev–Trinajstić information content (AvgIpc) is 3.18. The fraction of sp³-hybridized carbons (Fsp3) is 0.444. The molecule has 1 aromatic heterocycles. The van der Waals surface area contributed by atoms with Crippen LogP contribution in [0.2, 0.25) is 0 Å². The lowest BCUT2D eigenvalue weighted by molar-refractivity contribution is 0.190. The van der Waals surface area contributed by atoms with Gasteiger partial charge in [-0.1, -0.05) is 18.2 Å². The number of fused-ring (bicyclic) bond motifs is 1. The molecule has 1 aliphatic heterocycles. The third kappa shape index (κ3) is 6.51. The number of anilines is 1. The Labute approximate surface area is 196 Å². The summed E-state index contributed by atoms with van der Waals surface area (Å²) in [6, 6.07) is 16.5. The zero-order valence-electron chi connectivity index (χ0n) is 20.1. The zero-order chi connectivity index (χ0) is 23.3. The Morgan fingerprint density at radius 3 is 2.52 bits per heavy atom. The smallest absolute Gasteiger partial charge is 0.410 e. The van der Waals surface area contributed by atoms with Gasteiger partial charge in [-0.2, -0.15) is 0 Å². The second kappa shape index (κ2) is 10.3. The van der Waals surface area contributed by atoms with E-state index >= 15 is 0 Å². The Kier molecular flexibility index (Phi) is 7.23. The number of amides is 1. The molecule has 1 amide bonds. The number of benzene rings is 2. The number of ether oxygens (including phenoxy) is 1. The molecule has 0 atom stereocenters. The predicted octanol–water partition coefficient (Wildman–Crippen LogP) is 5.20. The van der Waals surface area contributed by atoms with Crippen LogP contribution in [-0.4, -0.2) is 54.2 Å². The van der Waals surface area contributed by atoms with Gasteiger partial charge in [0.1, 0.15) is 5.75 Å². The van der Waals surface area contributed by atoms with E-state index < -0.39 is 6.09 Å². The number of nitrogens with one attached hydrogen (secondary N) is 2. The lowest BCUT2D eigenvalue weighted by Gasteiger charge is -2.36. The number of rotatable bonds is 7. The molecule has 2 N–H and O–H groups in total. The summed E-state index contributed by atoms with van der Waals surface area (Å²) in [7, 11) is 0. The largest absolute Gasteiger partial charge is 0.413 e. The van der Waals surface area contributed by atoms with E-state index in [2.05, 4.69) is 56.6 Å². The van der Waals surface area contributed by atoms with Crippen molar-refractivity contribution in [1.29, 1.82) is 0 Å². The summed E-state index contributed by atoms with van der Waals surface area (Å²) in [5.74, 6) is 0.571. The second-order valence-electron chi connectivity index (χ2n) is 9.91. The minimum Gasteiger partial charge on any atom is -0.410 e. The molecule has 4 rings (SSSR count). The minimum absolute atomic E-state index is 0.325. The van der Waals surface area contributed by atoms with E-state index in [4.69, 9.17) is 4.74 Å². The number of aromatic nitrogens is 1.